The molecule has 0 saturated heterocycles. The maximum atomic E-state index is 12.2. The van der Waals surface area contributed by atoms with Gasteiger partial charge in [-0.15, -0.1) is 0 Å². The van der Waals surface area contributed by atoms with Crippen LogP contribution in [0, 0.1) is 20.2 Å². The van der Waals surface area contributed by atoms with Crippen LogP contribution in [0.1, 0.15) is 20.7 Å². The molecule has 25 heavy (non-hydrogen) atoms. The molecule has 2 N–H and O–H groups in total. The van der Waals surface area contributed by atoms with Gasteiger partial charge in [0.15, 0.2) is 0 Å². The second-order valence-electron chi connectivity index (χ2n) is 4.83. The van der Waals surface area contributed by atoms with Gasteiger partial charge in [0.1, 0.15) is 5.56 Å². The molecule has 0 unspecified atom stereocenters. The van der Waals surface area contributed by atoms with E-state index in [2.05, 4.69) is 10.6 Å². The number of nitrogens with zero attached hydrogens (tertiary/aromatic N) is 2. The minimum Gasteiger partial charge on any atom is -0.355 e. The first-order valence-electron chi connectivity index (χ1n) is 6.90. The van der Waals surface area contributed by atoms with Crippen LogP contribution in [-0.4, -0.2) is 28.7 Å². The topological polar surface area (TPSA) is 144 Å². The third-order valence-corrected chi connectivity index (χ3v) is 3.27. The van der Waals surface area contributed by atoms with Gasteiger partial charge in [-0.25, -0.2) is 0 Å². The van der Waals surface area contributed by atoms with Crippen LogP contribution < -0.4 is 10.6 Å². The van der Waals surface area contributed by atoms with Crippen molar-refractivity contribution in [3.05, 3.63) is 73.8 Å². The summed E-state index contributed by atoms with van der Waals surface area (Å²) in [6, 6.07) is 8.61. The molecule has 0 aromatic heterocycles. The van der Waals surface area contributed by atoms with Gasteiger partial charge in [0.2, 0.25) is 0 Å². The number of nitro benzene ring substituents is 2. The fourth-order valence-corrected chi connectivity index (χ4v) is 2.02. The van der Waals surface area contributed by atoms with Gasteiger partial charge in [-0.05, 0) is 30.3 Å². The molecule has 2 amide bonds. The van der Waals surface area contributed by atoms with Crippen molar-refractivity contribution in [2.24, 2.45) is 0 Å². The van der Waals surface area contributed by atoms with E-state index in [9.17, 15) is 29.8 Å². The van der Waals surface area contributed by atoms with E-state index in [-0.39, 0.29) is 11.5 Å². The van der Waals surface area contributed by atoms with Gasteiger partial charge >= 0.3 is 0 Å². The normalized spacial score (nSPS) is 9.96. The summed E-state index contributed by atoms with van der Waals surface area (Å²) in [6.07, 6.45) is 0. The van der Waals surface area contributed by atoms with Crippen molar-refractivity contribution in [1.82, 2.24) is 5.32 Å². The zero-order valence-corrected chi connectivity index (χ0v) is 12.9. The highest BCUT2D eigenvalue weighted by Crippen LogP contribution is 2.25. The number of benzene rings is 2. The summed E-state index contributed by atoms with van der Waals surface area (Å²) in [7, 11) is 1.48. The van der Waals surface area contributed by atoms with E-state index >= 15 is 0 Å². The smallest absolute Gasteiger partial charge is 0.289 e. The van der Waals surface area contributed by atoms with Gasteiger partial charge in [-0.2, -0.15) is 0 Å². The van der Waals surface area contributed by atoms with Crippen LogP contribution in [0.3, 0.4) is 0 Å². The minimum absolute atomic E-state index is 0.302. The average Bonchev–Trinajstić information content (AvgIpc) is 2.60. The quantitative estimate of drug-likeness (QED) is 0.627. The van der Waals surface area contributed by atoms with Crippen molar-refractivity contribution in [3.63, 3.8) is 0 Å². The molecular formula is C15H12N4O6. The van der Waals surface area contributed by atoms with Crippen LogP contribution in [0.15, 0.2) is 42.5 Å². The number of nitro groups is 2. The second kappa shape index (κ2) is 7.17. The molecule has 10 heteroatoms. The maximum absolute atomic E-state index is 12.2. The Balaban J connectivity index is 2.27. The maximum Gasteiger partial charge on any atom is 0.289 e. The summed E-state index contributed by atoms with van der Waals surface area (Å²) in [6.45, 7) is 0. The summed E-state index contributed by atoms with van der Waals surface area (Å²) in [4.78, 5) is 43.8. The van der Waals surface area contributed by atoms with Crippen LogP contribution in [0.5, 0.6) is 0 Å². The van der Waals surface area contributed by atoms with E-state index in [4.69, 9.17) is 0 Å². The fraction of sp³-hybridized carbons (Fsp3) is 0.0667. The molecule has 0 saturated carbocycles. The molecule has 0 aliphatic rings. The van der Waals surface area contributed by atoms with Crippen molar-refractivity contribution >= 4 is 28.9 Å². The lowest BCUT2D eigenvalue weighted by molar-refractivity contribution is -0.394. The van der Waals surface area contributed by atoms with E-state index < -0.39 is 27.1 Å². The Morgan fingerprint density at radius 3 is 2.08 bits per heavy atom. The van der Waals surface area contributed by atoms with E-state index in [1.165, 1.54) is 31.3 Å². The molecule has 2 aromatic rings. The monoisotopic (exact) mass is 344 g/mol. The van der Waals surface area contributed by atoms with Gasteiger partial charge in [-0.1, -0.05) is 0 Å². The van der Waals surface area contributed by atoms with E-state index in [0.717, 1.165) is 18.2 Å². The van der Waals surface area contributed by atoms with Crippen molar-refractivity contribution in [3.8, 4) is 0 Å². The lowest BCUT2D eigenvalue weighted by Crippen LogP contribution is -2.18. The first kappa shape index (κ1) is 17.5. The highest BCUT2D eigenvalue weighted by Gasteiger charge is 2.24. The number of hydrogen-bond donors (Lipinski definition) is 2. The van der Waals surface area contributed by atoms with Crippen LogP contribution in [0.4, 0.5) is 17.1 Å². The number of amides is 2. The molecule has 0 heterocycles. The zero-order chi connectivity index (χ0) is 18.6. The number of nitrogens with one attached hydrogen (secondary N) is 2. The SMILES string of the molecule is CNC(=O)c1ccc(NC(=O)c2ccc([N+](=O)[O-])cc2[N+](=O)[O-])cc1. The highest BCUT2D eigenvalue weighted by atomic mass is 16.6. The van der Waals surface area contributed by atoms with Crippen LogP contribution in [0.2, 0.25) is 0 Å². The Kier molecular flexibility index (Phi) is 5.03. The summed E-state index contributed by atoms with van der Waals surface area (Å²) in [5.41, 5.74) is -0.787. The number of carbonyl (C=O) groups excluding carboxylic acids is 2. The highest BCUT2D eigenvalue weighted by molar-refractivity contribution is 6.07. The Labute approximate surface area is 140 Å². The van der Waals surface area contributed by atoms with Gasteiger partial charge in [0.25, 0.3) is 23.2 Å². The van der Waals surface area contributed by atoms with Crippen molar-refractivity contribution in [2.45, 2.75) is 0 Å². The molecule has 0 atom stereocenters. The van der Waals surface area contributed by atoms with Gasteiger partial charge in [-0.3, -0.25) is 29.8 Å². The van der Waals surface area contributed by atoms with Gasteiger partial charge < -0.3 is 10.6 Å². The summed E-state index contributed by atoms with van der Waals surface area (Å²) in [5, 5.41) is 26.7. The Bertz CT molecular complexity index is 863. The predicted molar refractivity (Wildman–Crippen MR) is 87.5 cm³/mol. The fourth-order valence-electron chi connectivity index (χ4n) is 2.02. The minimum atomic E-state index is -0.864. The van der Waals surface area contributed by atoms with Gasteiger partial charge in [0, 0.05) is 24.4 Å². The number of rotatable bonds is 5. The van der Waals surface area contributed by atoms with Crippen LogP contribution >= 0.6 is 0 Å². The van der Waals surface area contributed by atoms with E-state index in [1.54, 1.807) is 0 Å². The third kappa shape index (κ3) is 3.93. The first-order chi connectivity index (χ1) is 11.8. The predicted octanol–water partition coefficient (Wildman–Crippen LogP) is 2.11. The Morgan fingerprint density at radius 1 is 0.920 bits per heavy atom. The first-order valence-corrected chi connectivity index (χ1v) is 6.90. The third-order valence-electron chi connectivity index (χ3n) is 3.27. The second-order valence-corrected chi connectivity index (χ2v) is 4.83. The lowest BCUT2D eigenvalue weighted by atomic mass is 10.1. The molecule has 0 radical (unpaired) electrons. The lowest BCUT2D eigenvalue weighted by Gasteiger charge is -2.07. The number of non-ortho nitro benzene ring substituents is 1. The standard InChI is InChI=1S/C15H12N4O6/c1-16-14(20)9-2-4-10(5-3-9)17-15(21)12-7-6-11(18(22)23)8-13(12)19(24)25/h2-8H,1H3,(H,16,20)(H,17,21). The molecule has 2 aromatic carbocycles. The van der Waals surface area contributed by atoms with E-state index in [0.29, 0.717) is 11.3 Å². The number of carbonyl (C=O) groups is 2. The molecule has 0 aliphatic carbocycles. The van der Waals surface area contributed by atoms with Crippen molar-refractivity contribution in [1.29, 1.82) is 0 Å². The van der Waals surface area contributed by atoms with Crippen LogP contribution in [-0.2, 0) is 0 Å². The Morgan fingerprint density at radius 2 is 1.56 bits per heavy atom. The summed E-state index contributed by atoms with van der Waals surface area (Å²) < 4.78 is 0. The molecule has 0 spiro atoms. The van der Waals surface area contributed by atoms with Crippen molar-refractivity contribution in [2.75, 3.05) is 12.4 Å². The number of hydrogen-bond acceptors (Lipinski definition) is 6. The molecule has 128 valence electrons. The van der Waals surface area contributed by atoms with Crippen molar-refractivity contribution < 1.29 is 19.4 Å². The molecule has 0 fully saturated rings. The molecular weight excluding hydrogens is 332 g/mol. The number of anilines is 1. The van der Waals surface area contributed by atoms with Gasteiger partial charge in [0.05, 0.1) is 15.9 Å². The van der Waals surface area contributed by atoms with Crippen LogP contribution in [0.25, 0.3) is 0 Å². The molecule has 10 nitrogen and oxygen atoms in total. The molecule has 0 aliphatic heterocycles. The summed E-state index contributed by atoms with van der Waals surface area (Å²) in [5.74, 6) is -1.10. The largest absolute Gasteiger partial charge is 0.355 e. The average molecular weight is 344 g/mol. The Hall–Kier alpha value is -3.82. The molecule has 2 rings (SSSR count). The zero-order valence-electron chi connectivity index (χ0n) is 12.9. The van der Waals surface area contributed by atoms with E-state index in [1.807, 2.05) is 0 Å². The summed E-state index contributed by atoms with van der Waals surface area (Å²) >= 11 is 0. The molecule has 0 bridgehead atoms.